The maximum Gasteiger partial charge on any atom is 0.330 e. The maximum atomic E-state index is 12.5. The molecule has 2 heterocycles. The third-order valence-electron chi connectivity index (χ3n) is 3.70. The van der Waals surface area contributed by atoms with Crippen LogP contribution in [0, 0.1) is 0 Å². The number of aliphatic imine (C=N–C) groups is 1. The number of anilines is 2. The highest BCUT2D eigenvalue weighted by Crippen LogP contribution is 2.26. The Hall–Kier alpha value is -2.63. The predicted molar refractivity (Wildman–Crippen MR) is 109 cm³/mol. The number of hydrogen-bond acceptors (Lipinski definition) is 10. The molecule has 1 aromatic heterocycles. The van der Waals surface area contributed by atoms with Crippen molar-refractivity contribution in [2.75, 3.05) is 24.2 Å². The van der Waals surface area contributed by atoms with Crippen molar-refractivity contribution in [1.29, 1.82) is 0 Å². The third-order valence-corrected chi connectivity index (χ3v) is 5.44. The van der Waals surface area contributed by atoms with Gasteiger partial charge in [0.15, 0.2) is 10.3 Å². The van der Waals surface area contributed by atoms with Crippen LogP contribution < -0.4 is 16.4 Å². The number of nitrogens with two attached hydrogens (primary N) is 1. The zero-order valence-corrected chi connectivity index (χ0v) is 16.6. The van der Waals surface area contributed by atoms with E-state index >= 15 is 0 Å². The SMILES string of the molecule is CCOC(=O)C1CN=C(Sc2ccc(N)c(C(=O)Nc3nc(CO)cs3)c2)N1. The number of aliphatic hydroxyl groups is 1. The van der Waals surface area contributed by atoms with Gasteiger partial charge in [0.1, 0.15) is 6.04 Å². The second-order valence-electron chi connectivity index (χ2n) is 5.70. The molecule has 28 heavy (non-hydrogen) atoms. The summed E-state index contributed by atoms with van der Waals surface area (Å²) in [4.78, 5) is 33.4. The second kappa shape index (κ2) is 9.04. The molecule has 1 aliphatic rings. The van der Waals surface area contributed by atoms with Crippen LogP contribution >= 0.6 is 23.1 Å². The first-order chi connectivity index (χ1) is 13.5. The fraction of sp³-hybridized carbons (Fsp3) is 0.294. The Kier molecular flexibility index (Phi) is 6.49. The van der Waals surface area contributed by atoms with Gasteiger partial charge in [0.2, 0.25) is 0 Å². The van der Waals surface area contributed by atoms with Crippen LogP contribution in [0.2, 0.25) is 0 Å². The Bertz CT molecular complexity index is 915. The lowest BCUT2D eigenvalue weighted by Crippen LogP contribution is -2.37. The summed E-state index contributed by atoms with van der Waals surface area (Å²) < 4.78 is 4.98. The summed E-state index contributed by atoms with van der Waals surface area (Å²) in [6, 6.07) is 4.56. The molecule has 148 valence electrons. The highest BCUT2D eigenvalue weighted by atomic mass is 32.2. The minimum Gasteiger partial charge on any atom is -0.464 e. The zero-order valence-electron chi connectivity index (χ0n) is 15.0. The largest absolute Gasteiger partial charge is 0.464 e. The minimum atomic E-state index is -0.496. The molecule has 11 heteroatoms. The Balaban J connectivity index is 1.66. The molecule has 2 aromatic rings. The van der Waals surface area contributed by atoms with Gasteiger partial charge in [-0.05, 0) is 25.1 Å². The monoisotopic (exact) mass is 421 g/mol. The number of hydrogen-bond donors (Lipinski definition) is 4. The van der Waals surface area contributed by atoms with Crippen molar-refractivity contribution in [3.05, 3.63) is 34.8 Å². The number of ether oxygens (including phenoxy) is 1. The number of aromatic nitrogens is 1. The van der Waals surface area contributed by atoms with Gasteiger partial charge in [0, 0.05) is 16.0 Å². The van der Waals surface area contributed by atoms with E-state index in [-0.39, 0.29) is 12.6 Å². The van der Waals surface area contributed by atoms with Crippen LogP contribution in [0.25, 0.3) is 0 Å². The summed E-state index contributed by atoms with van der Waals surface area (Å²) in [6.45, 7) is 2.18. The fourth-order valence-corrected chi connectivity index (χ4v) is 3.93. The number of benzene rings is 1. The van der Waals surface area contributed by atoms with Crippen LogP contribution in [0.4, 0.5) is 10.8 Å². The van der Waals surface area contributed by atoms with Crippen molar-refractivity contribution in [3.8, 4) is 0 Å². The molecule has 0 fully saturated rings. The lowest BCUT2D eigenvalue weighted by molar-refractivity contribution is -0.144. The maximum absolute atomic E-state index is 12.5. The van der Waals surface area contributed by atoms with Crippen molar-refractivity contribution in [2.24, 2.45) is 4.99 Å². The van der Waals surface area contributed by atoms with Gasteiger partial charge in [-0.2, -0.15) is 0 Å². The molecular formula is C17H19N5O4S2. The first-order valence-electron chi connectivity index (χ1n) is 8.41. The summed E-state index contributed by atoms with van der Waals surface area (Å²) in [6.07, 6.45) is 0. The number of esters is 1. The molecule has 0 radical (unpaired) electrons. The van der Waals surface area contributed by atoms with E-state index in [1.807, 2.05) is 0 Å². The molecule has 0 aliphatic carbocycles. The summed E-state index contributed by atoms with van der Waals surface area (Å²) in [5, 5.41) is 17.4. The summed E-state index contributed by atoms with van der Waals surface area (Å²) >= 11 is 2.51. The van der Waals surface area contributed by atoms with Gasteiger partial charge in [0.25, 0.3) is 5.91 Å². The molecular weight excluding hydrogens is 402 g/mol. The van der Waals surface area contributed by atoms with Gasteiger partial charge in [-0.3, -0.25) is 15.1 Å². The number of rotatable bonds is 6. The molecule has 0 saturated heterocycles. The van der Waals surface area contributed by atoms with Gasteiger partial charge in [-0.15, -0.1) is 11.3 Å². The van der Waals surface area contributed by atoms with Gasteiger partial charge in [-0.25, -0.2) is 9.78 Å². The second-order valence-corrected chi connectivity index (χ2v) is 7.62. The summed E-state index contributed by atoms with van der Waals surface area (Å²) in [7, 11) is 0. The van der Waals surface area contributed by atoms with Crippen molar-refractivity contribution in [2.45, 2.75) is 24.5 Å². The standard InChI is InChI=1S/C17H19N5O4S2/c1-2-26-15(25)13-6-19-16(21-13)28-10-3-4-12(18)11(5-10)14(24)22-17-20-9(7-23)8-27-17/h3-5,8,13,23H,2,6-7,18H2,1H3,(H,19,21)(H,20,22,24). The van der Waals surface area contributed by atoms with Gasteiger partial charge in [0.05, 0.1) is 31.0 Å². The number of aliphatic hydroxyl groups excluding tert-OH is 1. The van der Waals surface area contributed by atoms with E-state index in [0.29, 0.717) is 40.4 Å². The van der Waals surface area contributed by atoms with Gasteiger partial charge in [-0.1, -0.05) is 11.8 Å². The number of carbonyl (C=O) groups is 2. The van der Waals surface area contributed by atoms with Crippen molar-refractivity contribution in [3.63, 3.8) is 0 Å². The average Bonchev–Trinajstić information content (AvgIpc) is 3.33. The van der Waals surface area contributed by atoms with Crippen LogP contribution in [-0.4, -0.2) is 46.3 Å². The van der Waals surface area contributed by atoms with E-state index in [1.54, 1.807) is 30.5 Å². The van der Waals surface area contributed by atoms with E-state index in [0.717, 1.165) is 4.90 Å². The summed E-state index contributed by atoms with van der Waals surface area (Å²) in [5.74, 6) is -0.741. The van der Waals surface area contributed by atoms with Crippen LogP contribution in [0.3, 0.4) is 0 Å². The number of nitrogens with one attached hydrogen (secondary N) is 2. The average molecular weight is 422 g/mol. The number of thioether (sulfide) groups is 1. The molecule has 5 N–H and O–H groups in total. The number of amidine groups is 1. The first kappa shape index (κ1) is 20.1. The Morgan fingerprint density at radius 2 is 2.32 bits per heavy atom. The lowest BCUT2D eigenvalue weighted by Gasteiger charge is -2.11. The first-order valence-corrected chi connectivity index (χ1v) is 10.1. The highest BCUT2D eigenvalue weighted by Gasteiger charge is 2.26. The third kappa shape index (κ3) is 4.80. The van der Waals surface area contributed by atoms with Crippen LogP contribution in [-0.2, 0) is 16.1 Å². The molecule has 0 spiro atoms. The fourth-order valence-electron chi connectivity index (χ4n) is 2.36. The number of amides is 1. The molecule has 0 bridgehead atoms. The molecule has 1 atom stereocenters. The van der Waals surface area contributed by atoms with Gasteiger partial charge >= 0.3 is 5.97 Å². The minimum absolute atomic E-state index is 0.192. The Labute approximate surface area is 169 Å². The highest BCUT2D eigenvalue weighted by molar-refractivity contribution is 8.13. The van der Waals surface area contributed by atoms with E-state index in [9.17, 15) is 9.59 Å². The number of carbonyl (C=O) groups excluding carboxylic acids is 2. The van der Waals surface area contributed by atoms with Crippen LogP contribution in [0.1, 0.15) is 23.0 Å². The molecule has 1 amide bonds. The van der Waals surface area contributed by atoms with Gasteiger partial charge < -0.3 is 20.9 Å². The van der Waals surface area contributed by atoms with Crippen LogP contribution in [0.5, 0.6) is 0 Å². The molecule has 1 aliphatic heterocycles. The van der Waals surface area contributed by atoms with E-state index in [2.05, 4.69) is 20.6 Å². The molecule has 3 rings (SSSR count). The normalized spacial score (nSPS) is 15.6. The van der Waals surface area contributed by atoms with E-state index in [4.69, 9.17) is 15.6 Å². The quantitative estimate of drug-likeness (QED) is 0.406. The smallest absolute Gasteiger partial charge is 0.330 e. The molecule has 1 unspecified atom stereocenters. The van der Waals surface area contributed by atoms with Crippen molar-refractivity contribution in [1.82, 2.24) is 10.3 Å². The Morgan fingerprint density at radius 3 is 3.04 bits per heavy atom. The van der Waals surface area contributed by atoms with Crippen LogP contribution in [0.15, 0.2) is 33.5 Å². The lowest BCUT2D eigenvalue weighted by atomic mass is 10.1. The number of nitrogen functional groups attached to an aromatic ring is 1. The van der Waals surface area contributed by atoms with Crippen molar-refractivity contribution >= 4 is 51.0 Å². The number of nitrogens with zero attached hydrogens (tertiary/aromatic N) is 2. The zero-order chi connectivity index (χ0) is 20.1. The topological polar surface area (TPSA) is 139 Å². The van der Waals surface area contributed by atoms with Crippen molar-refractivity contribution < 1.29 is 19.4 Å². The van der Waals surface area contributed by atoms with E-state index < -0.39 is 11.9 Å². The Morgan fingerprint density at radius 1 is 1.50 bits per heavy atom. The predicted octanol–water partition coefficient (Wildman–Crippen LogP) is 1.45. The molecule has 1 aromatic carbocycles. The van der Waals surface area contributed by atoms with E-state index in [1.165, 1.54) is 23.1 Å². The molecule has 0 saturated carbocycles. The summed E-state index contributed by atoms with van der Waals surface area (Å²) in [5.41, 5.74) is 7.05. The number of thiazole rings is 1. The molecule has 9 nitrogen and oxygen atoms in total.